The molecule has 3 aromatic rings. The van der Waals surface area contributed by atoms with Crippen LogP contribution >= 0.6 is 0 Å². The molecule has 4 heterocycles. The second kappa shape index (κ2) is 10.0. The highest BCUT2D eigenvalue weighted by Crippen LogP contribution is 2.44. The highest BCUT2D eigenvalue weighted by Gasteiger charge is 2.45. The van der Waals surface area contributed by atoms with E-state index in [-0.39, 0.29) is 52.5 Å². The van der Waals surface area contributed by atoms with E-state index in [4.69, 9.17) is 22.7 Å². The Labute approximate surface area is 222 Å². The van der Waals surface area contributed by atoms with Gasteiger partial charge in [0.1, 0.15) is 18.5 Å². The molecule has 0 amide bonds. The number of ether oxygens (including phenoxy) is 1. The van der Waals surface area contributed by atoms with Crippen molar-refractivity contribution in [3.8, 4) is 11.4 Å². The van der Waals surface area contributed by atoms with Crippen LogP contribution in [0.25, 0.3) is 22.3 Å². The van der Waals surface area contributed by atoms with Crippen molar-refractivity contribution < 1.29 is 48.7 Å². The number of rotatable bonds is 1. The van der Waals surface area contributed by atoms with E-state index in [0.717, 1.165) is 34.9 Å². The summed E-state index contributed by atoms with van der Waals surface area (Å²) < 4.78 is 48.7. The number of hydrogen-bond donors (Lipinski definition) is 2. The molecule has 12 nitrogen and oxygen atoms in total. The summed E-state index contributed by atoms with van der Waals surface area (Å²) in [6.07, 6.45) is 2.22. The molecule has 0 radical (unpaired) electrons. The molecule has 0 saturated carbocycles. The molecule has 3 aliphatic rings. The van der Waals surface area contributed by atoms with Crippen molar-refractivity contribution in [2.24, 2.45) is 0 Å². The molecule has 8 N–H and O–H groups in total. The number of aryl methyl sites for hydroxylation is 1. The summed E-state index contributed by atoms with van der Waals surface area (Å²) in [5, 5.41) is 12.0. The zero-order valence-electron chi connectivity index (χ0n) is 21.6. The third-order valence-electron chi connectivity index (χ3n) is 7.50. The summed E-state index contributed by atoms with van der Waals surface area (Å²) in [6.45, 7) is 3.63. The number of nitrogens with zero attached hydrogens (tertiary/aromatic N) is 2. The standard InChI is InChI=1S/C24H22FN3O4.CH4O3S.2H2O/c1-3-24(31)14-6-18-21-12(8-28(18)22(29)13(14)9-32-23(24)30)19-16(26)5-4-11-10(2)15(25)7-17(27-21)20(11)19;1-5(2,3)4;;/h6-7,16,31H,3-5,8-9,26H2,1-2H3;1H3,(H,2,3,4);2*1H2/t16-,24-;;;/m0.../s1. The molecule has 1 aliphatic carbocycles. The minimum atomic E-state index is -3.92. The first-order valence-corrected chi connectivity index (χ1v) is 13.6. The van der Waals surface area contributed by atoms with E-state index in [1.807, 2.05) is 0 Å². The van der Waals surface area contributed by atoms with E-state index in [9.17, 15) is 19.1 Å². The Morgan fingerprint density at radius 1 is 1.26 bits per heavy atom. The topological polar surface area (TPSA) is 229 Å². The average molecular weight is 568 g/mol. The van der Waals surface area contributed by atoms with Crippen molar-refractivity contribution in [3.63, 3.8) is 0 Å². The van der Waals surface area contributed by atoms with Crippen LogP contribution in [0.3, 0.4) is 0 Å². The maximum absolute atomic E-state index is 14.7. The number of pyridine rings is 2. The van der Waals surface area contributed by atoms with Gasteiger partial charge in [0.05, 0.1) is 39.1 Å². The molecule has 2 aliphatic heterocycles. The van der Waals surface area contributed by atoms with Crippen LogP contribution in [-0.4, -0.2) is 50.8 Å². The number of carbonyl (C=O) groups is 1. The molecule has 0 spiro atoms. The third-order valence-corrected chi connectivity index (χ3v) is 7.50. The number of fused-ring (bicyclic) bond motifs is 5. The SMILES string of the molecule is CC[C@@]1(O)C(=O)OCc2c1cc1n(c2=O)Cc2c-1nc1cc(F)c(C)c3c1c2[C@@H]([NH3+])CC3.CS(=O)(=O)[O-].O.O. The van der Waals surface area contributed by atoms with E-state index < -0.39 is 21.7 Å². The first-order chi connectivity index (χ1) is 17.3. The molecular weight excluding hydrogens is 537 g/mol. The zero-order chi connectivity index (χ0) is 27.0. The van der Waals surface area contributed by atoms with Gasteiger partial charge in [0.15, 0.2) is 5.60 Å². The predicted molar refractivity (Wildman–Crippen MR) is 136 cm³/mol. The Kier molecular flexibility index (Phi) is 7.79. The minimum Gasteiger partial charge on any atom is -0.748 e. The molecule has 2 aromatic heterocycles. The van der Waals surface area contributed by atoms with Gasteiger partial charge in [-0.25, -0.2) is 22.6 Å². The van der Waals surface area contributed by atoms with Crippen LogP contribution in [0.1, 0.15) is 59.2 Å². The second-order valence-electron chi connectivity index (χ2n) is 9.75. The Bertz CT molecular complexity index is 1680. The van der Waals surface area contributed by atoms with Crippen molar-refractivity contribution in [2.45, 2.75) is 57.9 Å². The van der Waals surface area contributed by atoms with Crippen LogP contribution < -0.4 is 11.3 Å². The molecule has 0 fully saturated rings. The van der Waals surface area contributed by atoms with Crippen molar-refractivity contribution in [1.82, 2.24) is 9.55 Å². The number of aromatic nitrogens is 2. The van der Waals surface area contributed by atoms with E-state index in [0.29, 0.717) is 35.3 Å². The number of esters is 1. The lowest BCUT2D eigenvalue weighted by atomic mass is 9.82. The molecule has 0 bridgehead atoms. The molecule has 14 heteroatoms. The van der Waals surface area contributed by atoms with Gasteiger partial charge in [-0.1, -0.05) is 6.92 Å². The highest BCUT2D eigenvalue weighted by molar-refractivity contribution is 7.84. The Morgan fingerprint density at radius 3 is 2.51 bits per heavy atom. The van der Waals surface area contributed by atoms with Gasteiger partial charge >= 0.3 is 5.97 Å². The van der Waals surface area contributed by atoms with Gasteiger partial charge in [0, 0.05) is 40.8 Å². The normalized spacial score (nSPS) is 20.4. The Morgan fingerprint density at radius 2 is 1.90 bits per heavy atom. The fraction of sp³-hybridized carbons (Fsp3) is 0.400. The van der Waals surface area contributed by atoms with Gasteiger partial charge < -0.3 is 35.6 Å². The number of quaternary nitrogens is 1. The van der Waals surface area contributed by atoms with Crippen molar-refractivity contribution in [1.29, 1.82) is 0 Å². The largest absolute Gasteiger partial charge is 0.748 e. The lowest BCUT2D eigenvalue weighted by Crippen LogP contribution is -2.54. The molecule has 6 rings (SSSR count). The summed E-state index contributed by atoms with van der Waals surface area (Å²) >= 11 is 0. The van der Waals surface area contributed by atoms with Crippen LogP contribution in [0.15, 0.2) is 16.9 Å². The molecule has 2 atom stereocenters. The second-order valence-corrected chi connectivity index (χ2v) is 11.2. The van der Waals surface area contributed by atoms with Gasteiger partial charge in [-0.15, -0.1) is 0 Å². The summed E-state index contributed by atoms with van der Waals surface area (Å²) in [7, 11) is -3.92. The van der Waals surface area contributed by atoms with Gasteiger partial charge in [-0.2, -0.15) is 0 Å². The van der Waals surface area contributed by atoms with Crippen LogP contribution in [0, 0.1) is 12.7 Å². The van der Waals surface area contributed by atoms with Gasteiger partial charge in [-0.05, 0) is 37.0 Å². The molecule has 0 saturated heterocycles. The maximum Gasteiger partial charge on any atom is 0.343 e. The predicted octanol–water partition coefficient (Wildman–Crippen LogP) is -0.732. The lowest BCUT2D eigenvalue weighted by Gasteiger charge is -2.31. The van der Waals surface area contributed by atoms with Gasteiger partial charge in [0.2, 0.25) is 0 Å². The number of benzene rings is 1. The molecule has 39 heavy (non-hydrogen) atoms. The maximum atomic E-state index is 14.7. The van der Waals surface area contributed by atoms with Crippen molar-refractivity contribution in [2.75, 3.05) is 6.26 Å². The molecular formula is C25H30FN3O9S. The zero-order valence-corrected chi connectivity index (χ0v) is 22.4. The monoisotopic (exact) mass is 567 g/mol. The summed E-state index contributed by atoms with van der Waals surface area (Å²) in [6, 6.07) is 3.14. The fourth-order valence-electron chi connectivity index (χ4n) is 5.65. The quantitative estimate of drug-likeness (QED) is 0.219. The number of hydrogen-bond acceptors (Lipinski definition) is 8. The highest BCUT2D eigenvalue weighted by atomic mass is 32.2. The van der Waals surface area contributed by atoms with Crippen LogP contribution in [0.5, 0.6) is 0 Å². The van der Waals surface area contributed by atoms with Crippen LogP contribution in [0.2, 0.25) is 0 Å². The summed E-state index contributed by atoms with van der Waals surface area (Å²) in [5.41, 5.74) is 7.95. The van der Waals surface area contributed by atoms with E-state index in [1.54, 1.807) is 24.5 Å². The molecule has 212 valence electrons. The molecule has 1 aromatic carbocycles. The fourth-order valence-corrected chi connectivity index (χ4v) is 5.65. The Hall–Kier alpha value is -3.27. The first kappa shape index (κ1) is 30.3. The Balaban J connectivity index is 0.000000554. The van der Waals surface area contributed by atoms with Gasteiger partial charge in [-0.3, -0.25) is 4.79 Å². The number of halogens is 1. The lowest BCUT2D eigenvalue weighted by molar-refractivity contribution is -0.428. The summed E-state index contributed by atoms with van der Waals surface area (Å²) in [5.74, 6) is -1.05. The van der Waals surface area contributed by atoms with E-state index in [1.165, 1.54) is 6.07 Å². The van der Waals surface area contributed by atoms with Gasteiger partial charge in [0.25, 0.3) is 5.56 Å². The summed E-state index contributed by atoms with van der Waals surface area (Å²) in [4.78, 5) is 30.6. The number of aliphatic hydroxyl groups is 1. The smallest absolute Gasteiger partial charge is 0.343 e. The number of cyclic esters (lactones) is 1. The van der Waals surface area contributed by atoms with Crippen molar-refractivity contribution in [3.05, 3.63) is 61.7 Å². The third kappa shape index (κ3) is 4.62. The van der Waals surface area contributed by atoms with Crippen LogP contribution in [0.4, 0.5) is 4.39 Å². The van der Waals surface area contributed by atoms with E-state index in [2.05, 4.69) is 5.73 Å². The molecule has 0 unspecified atom stereocenters. The first-order valence-electron chi connectivity index (χ1n) is 11.8. The van der Waals surface area contributed by atoms with Crippen LogP contribution in [-0.2, 0) is 44.8 Å². The number of carbonyl (C=O) groups excluding carboxylic acids is 1. The average Bonchev–Trinajstić information content (AvgIpc) is 3.18. The minimum absolute atomic E-state index is 0. The van der Waals surface area contributed by atoms with E-state index >= 15 is 0 Å². The van der Waals surface area contributed by atoms with Crippen molar-refractivity contribution >= 4 is 27.0 Å².